The van der Waals surface area contributed by atoms with Crippen molar-refractivity contribution in [2.75, 3.05) is 19.0 Å². The first-order valence-electron chi connectivity index (χ1n) is 4.89. The molecule has 0 aliphatic heterocycles. The standard InChI is InChI=1S/C11H15BrN2OS/c1-7(6-15-2)14-10-4-3-8(12)5-9(10)11(13)16/h3-5,7,14H,6H2,1-2H3,(H2,13,16). The van der Waals surface area contributed by atoms with Gasteiger partial charge in [0, 0.05) is 28.9 Å². The number of nitrogens with two attached hydrogens (primary N) is 1. The zero-order chi connectivity index (χ0) is 12.1. The van der Waals surface area contributed by atoms with Crippen LogP contribution in [0.4, 0.5) is 5.69 Å². The summed E-state index contributed by atoms with van der Waals surface area (Å²) in [6.07, 6.45) is 0. The third-order valence-electron chi connectivity index (χ3n) is 2.07. The average molecular weight is 303 g/mol. The molecular formula is C11H15BrN2OS. The van der Waals surface area contributed by atoms with E-state index in [1.165, 1.54) is 0 Å². The molecule has 0 amide bonds. The van der Waals surface area contributed by atoms with E-state index in [0.717, 1.165) is 15.7 Å². The van der Waals surface area contributed by atoms with Gasteiger partial charge in [0.15, 0.2) is 0 Å². The van der Waals surface area contributed by atoms with Crippen LogP contribution in [0.1, 0.15) is 12.5 Å². The van der Waals surface area contributed by atoms with E-state index in [4.69, 9.17) is 22.7 Å². The summed E-state index contributed by atoms with van der Waals surface area (Å²) in [7, 11) is 1.67. The third kappa shape index (κ3) is 3.73. The summed E-state index contributed by atoms with van der Waals surface area (Å²) in [6, 6.07) is 6.01. The maximum atomic E-state index is 5.67. The highest BCUT2D eigenvalue weighted by molar-refractivity contribution is 9.10. The van der Waals surface area contributed by atoms with Gasteiger partial charge in [-0.1, -0.05) is 28.1 Å². The number of nitrogens with one attached hydrogen (secondary N) is 1. The molecule has 0 fully saturated rings. The van der Waals surface area contributed by atoms with Crippen LogP contribution in [0.5, 0.6) is 0 Å². The van der Waals surface area contributed by atoms with Crippen molar-refractivity contribution >= 4 is 38.8 Å². The predicted octanol–water partition coefficient (Wildman–Crippen LogP) is 2.53. The lowest BCUT2D eigenvalue weighted by Gasteiger charge is -2.17. The molecule has 0 aliphatic carbocycles. The lowest BCUT2D eigenvalue weighted by molar-refractivity contribution is 0.190. The summed E-state index contributed by atoms with van der Waals surface area (Å²) in [4.78, 5) is 0.383. The highest BCUT2D eigenvalue weighted by Gasteiger charge is 2.08. The zero-order valence-corrected chi connectivity index (χ0v) is 11.7. The molecule has 0 aromatic heterocycles. The van der Waals surface area contributed by atoms with Crippen molar-refractivity contribution in [3.05, 3.63) is 28.2 Å². The van der Waals surface area contributed by atoms with Crippen molar-refractivity contribution in [2.24, 2.45) is 5.73 Å². The van der Waals surface area contributed by atoms with E-state index in [2.05, 4.69) is 21.2 Å². The third-order valence-corrected chi connectivity index (χ3v) is 2.78. The average Bonchev–Trinajstić information content (AvgIpc) is 2.20. The zero-order valence-electron chi connectivity index (χ0n) is 9.29. The van der Waals surface area contributed by atoms with Gasteiger partial charge in [-0.25, -0.2) is 0 Å². The van der Waals surface area contributed by atoms with Gasteiger partial charge >= 0.3 is 0 Å². The minimum Gasteiger partial charge on any atom is -0.389 e. The molecule has 88 valence electrons. The lowest BCUT2D eigenvalue weighted by atomic mass is 10.1. The van der Waals surface area contributed by atoms with Crippen LogP contribution >= 0.6 is 28.1 Å². The second kappa shape index (κ2) is 6.18. The van der Waals surface area contributed by atoms with Crippen LogP contribution in [-0.2, 0) is 4.74 Å². The Bertz CT molecular complexity index is 384. The Labute approximate surface area is 109 Å². The Morgan fingerprint density at radius 2 is 2.31 bits per heavy atom. The fourth-order valence-corrected chi connectivity index (χ4v) is 1.93. The molecular weight excluding hydrogens is 288 g/mol. The van der Waals surface area contributed by atoms with Crippen molar-refractivity contribution < 1.29 is 4.74 Å². The van der Waals surface area contributed by atoms with E-state index in [0.29, 0.717) is 11.6 Å². The van der Waals surface area contributed by atoms with Crippen LogP contribution in [0, 0.1) is 0 Å². The van der Waals surface area contributed by atoms with Gasteiger partial charge in [-0.15, -0.1) is 0 Å². The summed E-state index contributed by atoms with van der Waals surface area (Å²) in [5.74, 6) is 0. The number of ether oxygens (including phenoxy) is 1. The summed E-state index contributed by atoms with van der Waals surface area (Å²) < 4.78 is 6.02. The van der Waals surface area contributed by atoms with E-state index in [1.807, 2.05) is 25.1 Å². The second-order valence-corrected chi connectivity index (χ2v) is 4.91. The molecule has 0 bridgehead atoms. The summed E-state index contributed by atoms with van der Waals surface area (Å²) in [5.41, 5.74) is 7.44. The molecule has 0 heterocycles. The van der Waals surface area contributed by atoms with Crippen LogP contribution in [-0.4, -0.2) is 24.7 Å². The smallest absolute Gasteiger partial charge is 0.106 e. The Balaban J connectivity index is 2.90. The minimum absolute atomic E-state index is 0.208. The van der Waals surface area contributed by atoms with Crippen molar-refractivity contribution in [3.8, 4) is 0 Å². The Hall–Kier alpha value is -0.650. The Morgan fingerprint density at radius 3 is 2.88 bits per heavy atom. The van der Waals surface area contributed by atoms with Crippen molar-refractivity contribution in [3.63, 3.8) is 0 Å². The van der Waals surface area contributed by atoms with E-state index in [1.54, 1.807) is 7.11 Å². The molecule has 1 atom stereocenters. The minimum atomic E-state index is 0.208. The molecule has 0 radical (unpaired) electrons. The van der Waals surface area contributed by atoms with Gasteiger partial charge in [0.05, 0.1) is 6.61 Å². The highest BCUT2D eigenvalue weighted by atomic mass is 79.9. The summed E-state index contributed by atoms with van der Waals surface area (Å²) in [5, 5.41) is 3.31. The first-order valence-corrected chi connectivity index (χ1v) is 6.09. The van der Waals surface area contributed by atoms with Gasteiger partial charge in [-0.3, -0.25) is 0 Å². The molecule has 16 heavy (non-hydrogen) atoms. The Morgan fingerprint density at radius 1 is 1.62 bits per heavy atom. The molecule has 0 spiro atoms. The number of benzene rings is 1. The van der Waals surface area contributed by atoms with Gasteiger partial charge < -0.3 is 15.8 Å². The van der Waals surface area contributed by atoms with Gasteiger partial charge in [-0.2, -0.15) is 0 Å². The number of rotatable bonds is 5. The molecule has 0 aliphatic rings. The van der Waals surface area contributed by atoms with Gasteiger partial charge in [-0.05, 0) is 25.1 Å². The summed E-state index contributed by atoms with van der Waals surface area (Å²) in [6.45, 7) is 2.67. The molecule has 1 rings (SSSR count). The molecule has 0 saturated carbocycles. The first-order chi connectivity index (χ1) is 7.54. The van der Waals surface area contributed by atoms with Crippen molar-refractivity contribution in [2.45, 2.75) is 13.0 Å². The van der Waals surface area contributed by atoms with Crippen molar-refractivity contribution in [1.82, 2.24) is 0 Å². The number of anilines is 1. The van der Waals surface area contributed by atoms with E-state index < -0.39 is 0 Å². The van der Waals surface area contributed by atoms with Gasteiger partial charge in [0.2, 0.25) is 0 Å². The van der Waals surface area contributed by atoms with Crippen LogP contribution in [0.3, 0.4) is 0 Å². The fourth-order valence-electron chi connectivity index (χ4n) is 1.40. The molecule has 1 unspecified atom stereocenters. The van der Waals surface area contributed by atoms with Crippen LogP contribution in [0.2, 0.25) is 0 Å². The second-order valence-electron chi connectivity index (χ2n) is 3.55. The van der Waals surface area contributed by atoms with Gasteiger partial charge in [0.25, 0.3) is 0 Å². The lowest BCUT2D eigenvalue weighted by Crippen LogP contribution is -2.23. The van der Waals surface area contributed by atoms with E-state index in [9.17, 15) is 0 Å². The first kappa shape index (κ1) is 13.4. The van der Waals surface area contributed by atoms with Crippen LogP contribution < -0.4 is 11.1 Å². The largest absolute Gasteiger partial charge is 0.389 e. The molecule has 3 nitrogen and oxygen atoms in total. The van der Waals surface area contributed by atoms with Crippen LogP contribution in [0.15, 0.2) is 22.7 Å². The topological polar surface area (TPSA) is 47.3 Å². The number of halogens is 1. The molecule has 5 heteroatoms. The number of methoxy groups -OCH3 is 1. The SMILES string of the molecule is COCC(C)Nc1ccc(Br)cc1C(N)=S. The molecule has 1 aromatic carbocycles. The van der Waals surface area contributed by atoms with Crippen molar-refractivity contribution in [1.29, 1.82) is 0 Å². The maximum Gasteiger partial charge on any atom is 0.106 e. The highest BCUT2D eigenvalue weighted by Crippen LogP contribution is 2.21. The fraction of sp³-hybridized carbons (Fsp3) is 0.364. The predicted molar refractivity (Wildman–Crippen MR) is 75.0 cm³/mol. The summed E-state index contributed by atoms with van der Waals surface area (Å²) >= 11 is 8.41. The molecule has 3 N–H and O–H groups in total. The van der Waals surface area contributed by atoms with E-state index >= 15 is 0 Å². The maximum absolute atomic E-state index is 5.67. The number of hydrogen-bond donors (Lipinski definition) is 2. The van der Waals surface area contributed by atoms with E-state index in [-0.39, 0.29) is 6.04 Å². The number of hydrogen-bond acceptors (Lipinski definition) is 3. The monoisotopic (exact) mass is 302 g/mol. The van der Waals surface area contributed by atoms with Gasteiger partial charge in [0.1, 0.15) is 4.99 Å². The normalized spacial score (nSPS) is 12.2. The quantitative estimate of drug-likeness (QED) is 0.821. The van der Waals surface area contributed by atoms with Crippen LogP contribution in [0.25, 0.3) is 0 Å². The number of thiocarbonyl (C=S) groups is 1. The Kier molecular flexibility index (Phi) is 5.18. The molecule has 0 saturated heterocycles. The molecule has 1 aromatic rings.